The molecule has 5 heteroatoms. The minimum absolute atomic E-state index is 0.335. The topological polar surface area (TPSA) is 67.9 Å². The molecule has 2 aromatic rings. The number of ether oxygens (including phenoxy) is 1. The summed E-state index contributed by atoms with van der Waals surface area (Å²) in [6, 6.07) is 1.85. The average molecular weight is 231 g/mol. The Bertz CT molecular complexity index is 520. The lowest BCUT2D eigenvalue weighted by atomic mass is 10.1. The van der Waals surface area contributed by atoms with Crippen LogP contribution in [0, 0.1) is 6.92 Å². The molecule has 0 radical (unpaired) electrons. The summed E-state index contributed by atoms with van der Waals surface area (Å²) in [4.78, 5) is 14.6. The summed E-state index contributed by atoms with van der Waals surface area (Å²) in [5.74, 6) is -0.335. The number of H-pyrrole nitrogens is 1. The lowest BCUT2D eigenvalue weighted by Crippen LogP contribution is -2.06. The van der Waals surface area contributed by atoms with E-state index in [0.717, 1.165) is 16.7 Å². The van der Waals surface area contributed by atoms with Crippen molar-refractivity contribution in [3.8, 4) is 11.1 Å². The fraction of sp³-hybridized carbons (Fsp3) is 0.250. The van der Waals surface area contributed by atoms with Crippen molar-refractivity contribution in [3.05, 3.63) is 35.9 Å². The zero-order valence-corrected chi connectivity index (χ0v) is 9.73. The fourth-order valence-corrected chi connectivity index (χ4v) is 1.66. The molecule has 2 rings (SSSR count). The van der Waals surface area contributed by atoms with Crippen LogP contribution in [0.25, 0.3) is 11.1 Å². The van der Waals surface area contributed by atoms with Crippen LogP contribution in [0.3, 0.4) is 0 Å². The number of hydrogen-bond acceptors (Lipinski definition) is 4. The highest BCUT2D eigenvalue weighted by atomic mass is 16.5. The van der Waals surface area contributed by atoms with Gasteiger partial charge in [-0.05, 0) is 25.5 Å². The maximum absolute atomic E-state index is 11.6. The number of nitrogens with one attached hydrogen (secondary N) is 1. The van der Waals surface area contributed by atoms with Crippen molar-refractivity contribution >= 4 is 5.97 Å². The molecule has 0 aliphatic rings. The van der Waals surface area contributed by atoms with Crippen molar-refractivity contribution < 1.29 is 9.53 Å². The first kappa shape index (κ1) is 11.3. The standard InChI is InChI=1S/C12H13N3O2/c1-3-17-12(16)11-8(2)10(7-13-11)9-4-5-14-15-6-9/h4-7,13H,3H2,1-2H3. The molecule has 0 aliphatic heterocycles. The zero-order valence-electron chi connectivity index (χ0n) is 9.73. The summed E-state index contributed by atoms with van der Waals surface area (Å²) in [6.07, 6.45) is 5.05. The van der Waals surface area contributed by atoms with Gasteiger partial charge in [-0.25, -0.2) is 4.79 Å². The molecule has 0 aliphatic carbocycles. The third-order valence-corrected chi connectivity index (χ3v) is 2.51. The van der Waals surface area contributed by atoms with Crippen LogP contribution in [-0.4, -0.2) is 27.8 Å². The van der Waals surface area contributed by atoms with E-state index in [1.54, 1.807) is 25.5 Å². The van der Waals surface area contributed by atoms with E-state index < -0.39 is 0 Å². The molecule has 0 fully saturated rings. The summed E-state index contributed by atoms with van der Waals surface area (Å²) < 4.78 is 4.96. The van der Waals surface area contributed by atoms with E-state index in [9.17, 15) is 4.79 Å². The van der Waals surface area contributed by atoms with Gasteiger partial charge in [-0.2, -0.15) is 10.2 Å². The summed E-state index contributed by atoms with van der Waals surface area (Å²) in [5.41, 5.74) is 3.20. The van der Waals surface area contributed by atoms with Crippen molar-refractivity contribution in [3.63, 3.8) is 0 Å². The van der Waals surface area contributed by atoms with Gasteiger partial charge in [-0.3, -0.25) is 0 Å². The zero-order chi connectivity index (χ0) is 12.3. The number of aromatic amines is 1. The Hall–Kier alpha value is -2.17. The van der Waals surface area contributed by atoms with Gasteiger partial charge < -0.3 is 9.72 Å². The highest BCUT2D eigenvalue weighted by Gasteiger charge is 2.15. The monoisotopic (exact) mass is 231 g/mol. The van der Waals surface area contributed by atoms with Gasteiger partial charge >= 0.3 is 5.97 Å². The van der Waals surface area contributed by atoms with Crippen molar-refractivity contribution in [1.29, 1.82) is 0 Å². The molecule has 0 spiro atoms. The second-order valence-electron chi connectivity index (χ2n) is 3.55. The van der Waals surface area contributed by atoms with Gasteiger partial charge in [-0.15, -0.1) is 0 Å². The molecule has 5 nitrogen and oxygen atoms in total. The summed E-state index contributed by atoms with van der Waals surface area (Å²) in [5, 5.41) is 7.53. The van der Waals surface area contributed by atoms with E-state index in [2.05, 4.69) is 15.2 Å². The maximum atomic E-state index is 11.6. The number of aromatic nitrogens is 3. The molecular formula is C12H13N3O2. The Morgan fingerprint density at radius 2 is 2.29 bits per heavy atom. The van der Waals surface area contributed by atoms with Crippen LogP contribution < -0.4 is 0 Å². The van der Waals surface area contributed by atoms with E-state index in [1.165, 1.54) is 0 Å². The van der Waals surface area contributed by atoms with Crippen LogP contribution in [0.2, 0.25) is 0 Å². The van der Waals surface area contributed by atoms with Gasteiger partial charge in [-0.1, -0.05) is 0 Å². The number of hydrogen-bond donors (Lipinski definition) is 1. The first-order chi connectivity index (χ1) is 8.24. The molecule has 2 heterocycles. The number of nitrogens with zero attached hydrogens (tertiary/aromatic N) is 2. The third-order valence-electron chi connectivity index (χ3n) is 2.51. The van der Waals surface area contributed by atoms with Crippen LogP contribution in [0.1, 0.15) is 23.0 Å². The SMILES string of the molecule is CCOC(=O)c1[nH]cc(-c2ccnnc2)c1C. The van der Waals surface area contributed by atoms with Gasteiger partial charge in [0.05, 0.1) is 19.0 Å². The van der Waals surface area contributed by atoms with Crippen LogP contribution in [0.4, 0.5) is 0 Å². The van der Waals surface area contributed by atoms with E-state index in [1.807, 2.05) is 13.0 Å². The second kappa shape index (κ2) is 4.78. The van der Waals surface area contributed by atoms with E-state index >= 15 is 0 Å². The molecule has 0 saturated carbocycles. The summed E-state index contributed by atoms with van der Waals surface area (Å²) in [6.45, 7) is 4.02. The van der Waals surface area contributed by atoms with Gasteiger partial charge in [0.2, 0.25) is 0 Å². The van der Waals surface area contributed by atoms with Crippen LogP contribution >= 0.6 is 0 Å². The molecule has 1 N–H and O–H groups in total. The van der Waals surface area contributed by atoms with Gasteiger partial charge in [0.1, 0.15) is 5.69 Å². The highest BCUT2D eigenvalue weighted by molar-refractivity contribution is 5.91. The Morgan fingerprint density at radius 1 is 1.47 bits per heavy atom. The molecule has 17 heavy (non-hydrogen) atoms. The Morgan fingerprint density at radius 3 is 2.94 bits per heavy atom. The number of rotatable bonds is 3. The summed E-state index contributed by atoms with van der Waals surface area (Å²) >= 11 is 0. The third kappa shape index (κ3) is 2.18. The van der Waals surface area contributed by atoms with Crippen molar-refractivity contribution in [2.45, 2.75) is 13.8 Å². The lowest BCUT2D eigenvalue weighted by Gasteiger charge is -2.01. The fourth-order valence-electron chi connectivity index (χ4n) is 1.66. The molecule has 0 atom stereocenters. The van der Waals surface area contributed by atoms with Crippen molar-refractivity contribution in [2.24, 2.45) is 0 Å². The molecule has 2 aromatic heterocycles. The molecular weight excluding hydrogens is 218 g/mol. The van der Waals surface area contributed by atoms with Crippen LogP contribution in [0.15, 0.2) is 24.7 Å². The van der Waals surface area contributed by atoms with Gasteiger partial charge in [0.25, 0.3) is 0 Å². The largest absolute Gasteiger partial charge is 0.461 e. The first-order valence-electron chi connectivity index (χ1n) is 5.36. The average Bonchev–Trinajstić information content (AvgIpc) is 2.72. The van der Waals surface area contributed by atoms with Crippen molar-refractivity contribution in [2.75, 3.05) is 6.61 Å². The second-order valence-corrected chi connectivity index (χ2v) is 3.55. The maximum Gasteiger partial charge on any atom is 0.355 e. The molecule has 88 valence electrons. The molecule has 0 unspecified atom stereocenters. The van der Waals surface area contributed by atoms with E-state index in [0.29, 0.717) is 12.3 Å². The minimum atomic E-state index is -0.335. The quantitative estimate of drug-likeness (QED) is 0.820. The molecule has 0 saturated heterocycles. The highest BCUT2D eigenvalue weighted by Crippen LogP contribution is 2.24. The predicted molar refractivity (Wildman–Crippen MR) is 62.5 cm³/mol. The molecule has 0 bridgehead atoms. The first-order valence-corrected chi connectivity index (χ1v) is 5.36. The molecule has 0 aromatic carbocycles. The Kier molecular flexibility index (Phi) is 3.18. The minimum Gasteiger partial charge on any atom is -0.461 e. The van der Waals surface area contributed by atoms with Crippen molar-refractivity contribution in [1.82, 2.24) is 15.2 Å². The van der Waals surface area contributed by atoms with Gasteiger partial charge in [0, 0.05) is 17.3 Å². The Balaban J connectivity index is 2.37. The lowest BCUT2D eigenvalue weighted by molar-refractivity contribution is 0.0519. The van der Waals surface area contributed by atoms with Crippen LogP contribution in [-0.2, 0) is 4.74 Å². The number of esters is 1. The molecule has 0 amide bonds. The summed E-state index contributed by atoms with van der Waals surface area (Å²) in [7, 11) is 0. The van der Waals surface area contributed by atoms with E-state index in [4.69, 9.17) is 4.74 Å². The van der Waals surface area contributed by atoms with Gasteiger partial charge in [0.15, 0.2) is 0 Å². The smallest absolute Gasteiger partial charge is 0.355 e. The Labute approximate surface area is 98.8 Å². The number of carbonyl (C=O) groups is 1. The van der Waals surface area contributed by atoms with E-state index in [-0.39, 0.29) is 5.97 Å². The predicted octanol–water partition coefficient (Wildman–Crippen LogP) is 1.96. The van der Waals surface area contributed by atoms with Crippen LogP contribution in [0.5, 0.6) is 0 Å². The number of carbonyl (C=O) groups excluding carboxylic acids is 1. The normalized spacial score (nSPS) is 10.2.